The Hall–Kier alpha value is -1.35. The van der Waals surface area contributed by atoms with E-state index < -0.39 is 0 Å². The van der Waals surface area contributed by atoms with Crippen LogP contribution in [0.4, 0.5) is 0 Å². The molecule has 3 nitrogen and oxygen atoms in total. The molecule has 0 aliphatic heterocycles. The Labute approximate surface area is 130 Å². The van der Waals surface area contributed by atoms with Crippen LogP contribution in [-0.4, -0.2) is 12.1 Å². The molecule has 2 aliphatic rings. The quantitative estimate of drug-likeness (QED) is 0.665. The van der Waals surface area contributed by atoms with E-state index in [4.69, 9.17) is 11.6 Å². The predicted octanol–water partition coefficient (Wildman–Crippen LogP) is 4.01. The van der Waals surface area contributed by atoms with Gasteiger partial charge >= 0.3 is 0 Å². The van der Waals surface area contributed by atoms with E-state index in [9.17, 15) is 4.79 Å². The molecule has 2 fully saturated rings. The molecule has 2 aliphatic carbocycles. The molecule has 2 saturated carbocycles. The number of hydrogen-bond donors (Lipinski definition) is 1. The summed E-state index contributed by atoms with van der Waals surface area (Å²) < 4.78 is 0. The number of amides is 1. The summed E-state index contributed by atoms with van der Waals surface area (Å²) in [6.45, 7) is 0. The fourth-order valence-corrected chi connectivity index (χ4v) is 3.74. The number of benzene rings is 1. The van der Waals surface area contributed by atoms with Gasteiger partial charge < -0.3 is 0 Å². The molecule has 4 heteroatoms. The van der Waals surface area contributed by atoms with Gasteiger partial charge in [-0.25, -0.2) is 5.43 Å². The number of rotatable bonds is 3. The first-order valence-corrected chi connectivity index (χ1v) is 8.22. The van der Waals surface area contributed by atoms with Gasteiger partial charge in [0.15, 0.2) is 0 Å². The highest BCUT2D eigenvalue weighted by molar-refractivity contribution is 6.33. The smallest absolute Gasteiger partial charge is 0.243 e. The minimum Gasteiger partial charge on any atom is -0.273 e. The van der Waals surface area contributed by atoms with Crippen molar-refractivity contribution in [3.63, 3.8) is 0 Å². The van der Waals surface area contributed by atoms with Gasteiger partial charge in [-0.05, 0) is 30.7 Å². The summed E-state index contributed by atoms with van der Waals surface area (Å²) in [6, 6.07) is 7.47. The molecule has 3 atom stereocenters. The first-order valence-electron chi connectivity index (χ1n) is 7.85. The summed E-state index contributed by atoms with van der Waals surface area (Å²) in [6.07, 6.45) is 9.21. The fraction of sp³-hybridized carbons (Fsp3) is 0.529. The van der Waals surface area contributed by atoms with Gasteiger partial charge in [-0.15, -0.1) is 0 Å². The number of fused-ring (bicyclic) bond motifs is 1. The van der Waals surface area contributed by atoms with E-state index in [1.165, 1.54) is 38.5 Å². The van der Waals surface area contributed by atoms with Gasteiger partial charge in [-0.1, -0.05) is 55.5 Å². The van der Waals surface area contributed by atoms with E-state index in [1.54, 1.807) is 6.21 Å². The summed E-state index contributed by atoms with van der Waals surface area (Å²) in [7, 11) is 0. The number of hydrogen-bond acceptors (Lipinski definition) is 2. The molecule has 1 aromatic carbocycles. The van der Waals surface area contributed by atoms with Crippen molar-refractivity contribution in [1.82, 2.24) is 5.43 Å². The molecular formula is C17H21ClN2O. The monoisotopic (exact) mass is 304 g/mol. The second-order valence-corrected chi connectivity index (χ2v) is 6.51. The van der Waals surface area contributed by atoms with E-state index >= 15 is 0 Å². The summed E-state index contributed by atoms with van der Waals surface area (Å²) in [4.78, 5) is 12.2. The van der Waals surface area contributed by atoms with Gasteiger partial charge in [0.1, 0.15) is 0 Å². The fourth-order valence-electron chi connectivity index (χ4n) is 3.55. The third-order valence-electron chi connectivity index (χ3n) is 4.74. The second kappa shape index (κ2) is 6.61. The number of halogens is 1. The maximum atomic E-state index is 12.2. The maximum absolute atomic E-state index is 12.2. The molecule has 1 amide bonds. The third-order valence-corrected chi connectivity index (χ3v) is 5.09. The lowest BCUT2D eigenvalue weighted by atomic mass is 10.0. The van der Waals surface area contributed by atoms with Crippen molar-refractivity contribution >= 4 is 23.7 Å². The Morgan fingerprint density at radius 2 is 1.81 bits per heavy atom. The van der Waals surface area contributed by atoms with Crippen molar-refractivity contribution in [1.29, 1.82) is 0 Å². The van der Waals surface area contributed by atoms with Crippen LogP contribution in [0.5, 0.6) is 0 Å². The van der Waals surface area contributed by atoms with Gasteiger partial charge in [-0.2, -0.15) is 5.10 Å². The molecule has 0 saturated heterocycles. The Kier molecular flexibility index (Phi) is 4.59. The van der Waals surface area contributed by atoms with Gasteiger partial charge in [0.25, 0.3) is 0 Å². The van der Waals surface area contributed by atoms with Crippen molar-refractivity contribution in [3.8, 4) is 0 Å². The molecule has 1 unspecified atom stereocenters. The van der Waals surface area contributed by atoms with Crippen LogP contribution in [0.2, 0.25) is 5.02 Å². The lowest BCUT2D eigenvalue weighted by molar-refractivity contribution is -0.122. The summed E-state index contributed by atoms with van der Waals surface area (Å²) in [5.74, 6) is 1.46. The zero-order valence-electron chi connectivity index (χ0n) is 12.1. The average Bonchev–Trinajstić information content (AvgIpc) is 3.12. The van der Waals surface area contributed by atoms with E-state index in [-0.39, 0.29) is 11.8 Å². The third kappa shape index (κ3) is 3.46. The molecule has 1 aromatic rings. The van der Waals surface area contributed by atoms with E-state index in [1.807, 2.05) is 24.3 Å². The lowest BCUT2D eigenvalue weighted by Crippen LogP contribution is -2.21. The molecule has 0 spiro atoms. The van der Waals surface area contributed by atoms with E-state index in [2.05, 4.69) is 10.5 Å². The molecule has 0 radical (unpaired) electrons. The Bertz CT molecular complexity index is 529. The SMILES string of the molecule is O=C(NN=Cc1ccccc1Cl)C1[C@H]2CCCCCC[C@@H]12. The predicted molar refractivity (Wildman–Crippen MR) is 85.4 cm³/mol. The number of nitrogens with one attached hydrogen (secondary N) is 1. The van der Waals surface area contributed by atoms with E-state index in [0.29, 0.717) is 16.9 Å². The molecule has 0 heterocycles. The molecule has 0 aromatic heterocycles. The van der Waals surface area contributed by atoms with Crippen LogP contribution >= 0.6 is 11.6 Å². The number of carbonyl (C=O) groups excluding carboxylic acids is 1. The Morgan fingerprint density at radius 1 is 1.14 bits per heavy atom. The summed E-state index contributed by atoms with van der Waals surface area (Å²) in [5, 5.41) is 4.70. The highest BCUT2D eigenvalue weighted by Crippen LogP contribution is 2.53. The highest BCUT2D eigenvalue weighted by atomic mass is 35.5. The molecule has 21 heavy (non-hydrogen) atoms. The standard InChI is InChI=1S/C17H21ClN2O/c18-15-10-6-5-7-12(15)11-19-20-17(21)16-13-8-3-1-2-4-9-14(13)16/h5-7,10-11,13-14,16H,1-4,8-9H2,(H,20,21)/t13-,14+,16?. The van der Waals surface area contributed by atoms with Crippen LogP contribution in [0.15, 0.2) is 29.4 Å². The van der Waals surface area contributed by atoms with Crippen LogP contribution in [0.3, 0.4) is 0 Å². The van der Waals surface area contributed by atoms with Crippen LogP contribution in [0.1, 0.15) is 44.1 Å². The van der Waals surface area contributed by atoms with Crippen molar-refractivity contribution in [2.45, 2.75) is 38.5 Å². The topological polar surface area (TPSA) is 41.5 Å². The molecule has 1 N–H and O–H groups in total. The maximum Gasteiger partial charge on any atom is 0.243 e. The van der Waals surface area contributed by atoms with Crippen molar-refractivity contribution < 1.29 is 4.79 Å². The number of carbonyl (C=O) groups is 1. The minimum absolute atomic E-state index is 0.0789. The first-order chi connectivity index (χ1) is 10.3. The van der Waals surface area contributed by atoms with Crippen LogP contribution in [0.25, 0.3) is 0 Å². The van der Waals surface area contributed by atoms with Gasteiger partial charge in [0.05, 0.1) is 6.21 Å². The van der Waals surface area contributed by atoms with E-state index in [0.717, 1.165) is 5.56 Å². The summed E-state index contributed by atoms with van der Waals surface area (Å²) >= 11 is 6.05. The normalized spacial score (nSPS) is 28.5. The first kappa shape index (κ1) is 14.6. The lowest BCUT2D eigenvalue weighted by Gasteiger charge is -2.04. The minimum atomic E-state index is 0.0789. The van der Waals surface area contributed by atoms with Crippen LogP contribution < -0.4 is 5.43 Å². The van der Waals surface area contributed by atoms with Crippen LogP contribution in [0, 0.1) is 17.8 Å². The van der Waals surface area contributed by atoms with Gasteiger partial charge in [-0.3, -0.25) is 4.79 Å². The average molecular weight is 305 g/mol. The molecule has 112 valence electrons. The Balaban J connectivity index is 1.54. The molecule has 0 bridgehead atoms. The molecule has 3 rings (SSSR count). The van der Waals surface area contributed by atoms with Crippen LogP contribution in [-0.2, 0) is 4.79 Å². The van der Waals surface area contributed by atoms with Gasteiger partial charge in [0.2, 0.25) is 5.91 Å². The second-order valence-electron chi connectivity index (χ2n) is 6.10. The zero-order valence-corrected chi connectivity index (χ0v) is 12.9. The Morgan fingerprint density at radius 3 is 2.48 bits per heavy atom. The zero-order chi connectivity index (χ0) is 14.7. The van der Waals surface area contributed by atoms with Crippen molar-refractivity contribution in [2.24, 2.45) is 22.9 Å². The van der Waals surface area contributed by atoms with Crippen molar-refractivity contribution in [2.75, 3.05) is 0 Å². The number of hydrazone groups is 1. The van der Waals surface area contributed by atoms with Crippen molar-refractivity contribution in [3.05, 3.63) is 34.9 Å². The number of nitrogens with zero attached hydrogens (tertiary/aromatic N) is 1. The summed E-state index contributed by atoms with van der Waals surface area (Å²) in [5.41, 5.74) is 3.51. The highest BCUT2D eigenvalue weighted by Gasteiger charge is 2.53. The molecular weight excluding hydrogens is 284 g/mol. The van der Waals surface area contributed by atoms with Gasteiger partial charge in [0, 0.05) is 16.5 Å². The largest absolute Gasteiger partial charge is 0.273 e.